The molecular weight excluding hydrogens is 178 g/mol. The highest BCUT2D eigenvalue weighted by Gasteiger charge is 2.11. The third-order valence-corrected chi connectivity index (χ3v) is 2.24. The summed E-state index contributed by atoms with van der Waals surface area (Å²) in [5, 5.41) is 1.77. The minimum absolute atomic E-state index is 0.149. The maximum Gasteiger partial charge on any atom is 0.338 e. The Morgan fingerprint density at radius 2 is 2.29 bits per heavy atom. The molecule has 1 aliphatic heterocycles. The molecule has 0 radical (unpaired) electrons. The van der Waals surface area contributed by atoms with Crippen LogP contribution in [-0.4, -0.2) is 19.1 Å². The van der Waals surface area contributed by atoms with Gasteiger partial charge in [0.1, 0.15) is 0 Å². The largest absolute Gasteiger partial charge is 0.465 e. The first-order valence-electron chi connectivity index (χ1n) is 4.49. The van der Waals surface area contributed by atoms with Crippen molar-refractivity contribution in [1.29, 1.82) is 0 Å². The molecule has 0 amide bonds. The Hall–Kier alpha value is -1.64. The standard InChI is InChI=1S/C11H11NO2/c1-7-6-9-8(11(13)14-2)4-3-5-10(9)12-7/h3-7H,1-2H3/t7-/m0/s1. The average Bonchev–Trinajstić information content (AvgIpc) is 2.56. The normalized spacial score (nSPS) is 18.0. The van der Waals surface area contributed by atoms with Gasteiger partial charge < -0.3 is 4.74 Å². The number of fused-ring (bicyclic) bond motifs is 1. The Labute approximate surface area is 81.7 Å². The Morgan fingerprint density at radius 3 is 3.00 bits per heavy atom. The molecular formula is C11H11NO2. The summed E-state index contributed by atoms with van der Waals surface area (Å²) in [5.41, 5.74) is 0.595. The summed E-state index contributed by atoms with van der Waals surface area (Å²) in [7, 11) is 1.39. The minimum atomic E-state index is -0.303. The van der Waals surface area contributed by atoms with Crippen LogP contribution in [0.1, 0.15) is 17.3 Å². The van der Waals surface area contributed by atoms with Crippen molar-refractivity contribution in [3.05, 3.63) is 34.3 Å². The molecule has 2 rings (SSSR count). The highest BCUT2D eigenvalue weighted by atomic mass is 16.5. The van der Waals surface area contributed by atoms with Gasteiger partial charge in [0.2, 0.25) is 0 Å². The Kier molecular flexibility index (Phi) is 2.08. The van der Waals surface area contributed by atoms with Gasteiger partial charge in [0, 0.05) is 5.22 Å². The van der Waals surface area contributed by atoms with Crippen LogP contribution in [0.2, 0.25) is 0 Å². The molecule has 0 unspecified atom stereocenters. The van der Waals surface area contributed by atoms with Gasteiger partial charge in [-0.3, -0.25) is 4.99 Å². The van der Waals surface area contributed by atoms with E-state index in [-0.39, 0.29) is 12.0 Å². The molecule has 1 aromatic rings. The summed E-state index contributed by atoms with van der Waals surface area (Å²) in [6, 6.07) is 5.63. The van der Waals surface area contributed by atoms with E-state index in [0.717, 1.165) is 10.6 Å². The van der Waals surface area contributed by atoms with Gasteiger partial charge in [0.25, 0.3) is 0 Å². The van der Waals surface area contributed by atoms with E-state index in [4.69, 9.17) is 4.74 Å². The topological polar surface area (TPSA) is 38.7 Å². The van der Waals surface area contributed by atoms with Crippen LogP contribution in [0.3, 0.4) is 0 Å². The third-order valence-electron chi connectivity index (χ3n) is 2.24. The molecule has 1 aromatic carbocycles. The van der Waals surface area contributed by atoms with Crippen molar-refractivity contribution < 1.29 is 9.53 Å². The van der Waals surface area contributed by atoms with Gasteiger partial charge in [-0.05, 0) is 19.1 Å². The van der Waals surface area contributed by atoms with Gasteiger partial charge in [-0.1, -0.05) is 12.1 Å². The van der Waals surface area contributed by atoms with E-state index in [1.165, 1.54) is 7.11 Å². The minimum Gasteiger partial charge on any atom is -0.465 e. The third kappa shape index (κ3) is 1.31. The van der Waals surface area contributed by atoms with Crippen LogP contribution in [0.15, 0.2) is 23.2 Å². The predicted molar refractivity (Wildman–Crippen MR) is 52.5 cm³/mol. The molecule has 0 bridgehead atoms. The van der Waals surface area contributed by atoms with Gasteiger partial charge >= 0.3 is 5.97 Å². The van der Waals surface area contributed by atoms with Crippen molar-refractivity contribution >= 4 is 12.0 Å². The second-order valence-corrected chi connectivity index (χ2v) is 3.27. The van der Waals surface area contributed by atoms with Crippen LogP contribution in [0.5, 0.6) is 0 Å². The highest BCUT2D eigenvalue weighted by molar-refractivity contribution is 5.89. The maximum atomic E-state index is 11.4. The first-order valence-corrected chi connectivity index (χ1v) is 4.49. The van der Waals surface area contributed by atoms with Crippen LogP contribution < -0.4 is 10.6 Å². The van der Waals surface area contributed by atoms with Gasteiger partial charge in [0.15, 0.2) is 0 Å². The first-order chi connectivity index (χ1) is 6.72. The molecule has 1 aliphatic rings. The number of methoxy groups -OCH3 is 1. The number of ether oxygens (including phenoxy) is 1. The van der Waals surface area contributed by atoms with Gasteiger partial charge in [-0.2, -0.15) is 0 Å². The van der Waals surface area contributed by atoms with Gasteiger partial charge in [-0.15, -0.1) is 0 Å². The van der Waals surface area contributed by atoms with Crippen LogP contribution in [0, 0.1) is 0 Å². The summed E-state index contributed by atoms with van der Waals surface area (Å²) in [5.74, 6) is -0.303. The number of carbonyl (C=O) groups is 1. The van der Waals surface area contributed by atoms with Crippen molar-refractivity contribution in [1.82, 2.24) is 0 Å². The molecule has 0 aliphatic carbocycles. The Bertz CT molecular complexity index is 490. The lowest BCUT2D eigenvalue weighted by Crippen LogP contribution is -2.28. The zero-order chi connectivity index (χ0) is 10.1. The predicted octanol–water partition coefficient (Wildman–Crippen LogP) is 0.275. The van der Waals surface area contributed by atoms with Gasteiger partial charge in [0.05, 0.1) is 24.1 Å². The molecule has 3 heteroatoms. The number of rotatable bonds is 1. The number of esters is 1. The lowest BCUT2D eigenvalue weighted by atomic mass is 10.1. The van der Waals surface area contributed by atoms with Crippen molar-refractivity contribution in [2.75, 3.05) is 7.11 Å². The summed E-state index contributed by atoms with van der Waals surface area (Å²) < 4.78 is 4.70. The second kappa shape index (κ2) is 3.25. The summed E-state index contributed by atoms with van der Waals surface area (Å²) >= 11 is 0. The fraction of sp³-hybridized carbons (Fsp3) is 0.273. The molecule has 1 heterocycles. The Balaban J connectivity index is 2.68. The second-order valence-electron chi connectivity index (χ2n) is 3.27. The lowest BCUT2D eigenvalue weighted by molar-refractivity contribution is 0.0599. The van der Waals surface area contributed by atoms with Crippen molar-refractivity contribution in [2.45, 2.75) is 13.0 Å². The fourth-order valence-electron chi connectivity index (χ4n) is 1.63. The molecule has 0 spiro atoms. The van der Waals surface area contributed by atoms with E-state index in [9.17, 15) is 4.79 Å². The molecule has 3 nitrogen and oxygen atoms in total. The van der Waals surface area contributed by atoms with Crippen LogP contribution in [0.25, 0.3) is 6.08 Å². The quantitative estimate of drug-likeness (QED) is 0.595. The van der Waals surface area contributed by atoms with E-state index in [2.05, 4.69) is 4.99 Å². The molecule has 0 N–H and O–H groups in total. The number of benzene rings is 1. The molecule has 72 valence electrons. The van der Waals surface area contributed by atoms with E-state index in [1.54, 1.807) is 6.07 Å². The summed E-state index contributed by atoms with van der Waals surface area (Å²) in [6.45, 7) is 1.99. The SMILES string of the molecule is COC(=O)c1cccc2c1=C[C@H](C)N=2. The average molecular weight is 189 g/mol. The first kappa shape index (κ1) is 8.94. The smallest absolute Gasteiger partial charge is 0.338 e. The molecule has 14 heavy (non-hydrogen) atoms. The zero-order valence-electron chi connectivity index (χ0n) is 8.15. The number of carbonyl (C=O) groups excluding carboxylic acids is 1. The van der Waals surface area contributed by atoms with E-state index < -0.39 is 0 Å². The van der Waals surface area contributed by atoms with Crippen LogP contribution in [-0.2, 0) is 4.74 Å². The fourth-order valence-corrected chi connectivity index (χ4v) is 1.63. The maximum absolute atomic E-state index is 11.4. The number of hydrogen-bond donors (Lipinski definition) is 0. The van der Waals surface area contributed by atoms with E-state index in [1.807, 2.05) is 25.1 Å². The van der Waals surface area contributed by atoms with E-state index >= 15 is 0 Å². The van der Waals surface area contributed by atoms with Gasteiger partial charge in [-0.25, -0.2) is 4.79 Å². The number of hydrogen-bond acceptors (Lipinski definition) is 3. The van der Waals surface area contributed by atoms with Crippen LogP contribution >= 0.6 is 0 Å². The van der Waals surface area contributed by atoms with E-state index in [0.29, 0.717) is 5.56 Å². The summed E-state index contributed by atoms with van der Waals surface area (Å²) in [4.78, 5) is 15.8. The zero-order valence-corrected chi connectivity index (χ0v) is 8.15. The van der Waals surface area contributed by atoms with Crippen molar-refractivity contribution in [2.24, 2.45) is 4.99 Å². The molecule has 0 saturated heterocycles. The highest BCUT2D eigenvalue weighted by Crippen LogP contribution is 1.98. The monoisotopic (exact) mass is 189 g/mol. The molecule has 0 saturated carbocycles. The van der Waals surface area contributed by atoms with Crippen LogP contribution in [0.4, 0.5) is 0 Å². The molecule has 0 aromatic heterocycles. The lowest BCUT2D eigenvalue weighted by Gasteiger charge is -1.97. The Morgan fingerprint density at radius 1 is 1.50 bits per heavy atom. The van der Waals surface area contributed by atoms with Crippen molar-refractivity contribution in [3.63, 3.8) is 0 Å². The number of nitrogens with zero attached hydrogens (tertiary/aromatic N) is 1. The summed E-state index contributed by atoms with van der Waals surface area (Å²) in [6.07, 6.45) is 1.97. The molecule has 0 fully saturated rings. The molecule has 1 atom stereocenters. The van der Waals surface area contributed by atoms with Crippen molar-refractivity contribution in [3.8, 4) is 0 Å².